The lowest BCUT2D eigenvalue weighted by Crippen LogP contribution is -2.75. The van der Waals surface area contributed by atoms with Crippen LogP contribution in [-0.2, 0) is 9.53 Å². The van der Waals surface area contributed by atoms with Gasteiger partial charge in [-0.3, -0.25) is 4.79 Å². The van der Waals surface area contributed by atoms with Crippen molar-refractivity contribution in [2.45, 2.75) is 44.9 Å². The van der Waals surface area contributed by atoms with E-state index >= 15 is 0 Å². The van der Waals surface area contributed by atoms with Crippen LogP contribution >= 0.6 is 23.2 Å². The van der Waals surface area contributed by atoms with E-state index in [1.54, 1.807) is 18.2 Å². The number of rotatable bonds is 6. The summed E-state index contributed by atoms with van der Waals surface area (Å²) in [4.78, 5) is 12.5. The first-order chi connectivity index (χ1) is 11.1. The van der Waals surface area contributed by atoms with Crippen LogP contribution in [-0.4, -0.2) is 35.8 Å². The molecule has 2 rings (SSSR count). The number of amides is 1. The van der Waals surface area contributed by atoms with E-state index in [2.05, 4.69) is 5.32 Å². The minimum absolute atomic E-state index is 0.0172. The number of nitrogens with two attached hydrogens (primary N) is 1. The lowest BCUT2D eigenvalue weighted by atomic mass is 9.54. The lowest BCUT2D eigenvalue weighted by Gasteiger charge is -2.57. The van der Waals surface area contributed by atoms with E-state index in [0.29, 0.717) is 28.6 Å². The Labute approximate surface area is 152 Å². The highest BCUT2D eigenvalue weighted by Crippen LogP contribution is 2.49. The number of hydrogen-bond acceptors (Lipinski definition) is 4. The first-order valence-corrected chi connectivity index (χ1v) is 8.71. The molecule has 3 atom stereocenters. The summed E-state index contributed by atoms with van der Waals surface area (Å²) in [5, 5.41) is 13.7. The second kappa shape index (κ2) is 7.18. The lowest BCUT2D eigenvalue weighted by molar-refractivity contribution is -0.170. The maximum Gasteiger partial charge on any atom is 0.240 e. The maximum absolute atomic E-state index is 12.5. The molecule has 0 radical (unpaired) electrons. The van der Waals surface area contributed by atoms with Crippen LogP contribution in [0.5, 0.6) is 0 Å². The second-order valence-electron chi connectivity index (χ2n) is 6.70. The van der Waals surface area contributed by atoms with Gasteiger partial charge in [0.25, 0.3) is 0 Å². The largest absolute Gasteiger partial charge is 0.386 e. The quantitative estimate of drug-likeness (QED) is 0.714. The molecule has 0 aromatic heterocycles. The molecule has 134 valence electrons. The molecule has 0 heterocycles. The number of carbonyl (C=O) groups is 1. The highest BCUT2D eigenvalue weighted by molar-refractivity contribution is 6.36. The molecule has 3 unspecified atom stereocenters. The molecule has 1 fully saturated rings. The number of aliphatic hydroxyl groups excluding tert-OH is 1. The number of nitrogens with one attached hydrogen (secondary N) is 1. The van der Waals surface area contributed by atoms with Gasteiger partial charge in [0.15, 0.2) is 0 Å². The third kappa shape index (κ3) is 3.28. The summed E-state index contributed by atoms with van der Waals surface area (Å²) in [7, 11) is 0. The number of benzene rings is 1. The molecule has 5 nitrogen and oxygen atoms in total. The Morgan fingerprint density at radius 2 is 2.04 bits per heavy atom. The molecule has 1 aromatic rings. The molecule has 0 saturated heterocycles. The van der Waals surface area contributed by atoms with Crippen molar-refractivity contribution in [3.63, 3.8) is 0 Å². The zero-order chi connectivity index (χ0) is 18.1. The summed E-state index contributed by atoms with van der Waals surface area (Å²) >= 11 is 12.1. The average molecular weight is 375 g/mol. The summed E-state index contributed by atoms with van der Waals surface area (Å²) < 4.78 is 5.62. The fourth-order valence-corrected chi connectivity index (χ4v) is 3.75. The average Bonchev–Trinajstić information content (AvgIpc) is 2.51. The molecule has 7 heteroatoms. The molecule has 1 amide bonds. The predicted molar refractivity (Wildman–Crippen MR) is 95.2 cm³/mol. The van der Waals surface area contributed by atoms with Gasteiger partial charge in [0.05, 0.1) is 12.2 Å². The van der Waals surface area contributed by atoms with Crippen molar-refractivity contribution in [1.29, 1.82) is 0 Å². The number of ether oxygens (including phenoxy) is 1. The Bertz CT molecular complexity index is 604. The van der Waals surface area contributed by atoms with Crippen LogP contribution in [0.2, 0.25) is 10.0 Å². The van der Waals surface area contributed by atoms with Gasteiger partial charge < -0.3 is 20.9 Å². The molecule has 24 heavy (non-hydrogen) atoms. The van der Waals surface area contributed by atoms with E-state index in [1.165, 1.54) is 0 Å². The third-order valence-electron chi connectivity index (χ3n) is 5.02. The van der Waals surface area contributed by atoms with Crippen LogP contribution < -0.4 is 11.1 Å². The highest BCUT2D eigenvalue weighted by atomic mass is 35.5. The Morgan fingerprint density at radius 3 is 2.54 bits per heavy atom. The summed E-state index contributed by atoms with van der Waals surface area (Å²) in [6.07, 6.45) is -0.617. The Hall–Kier alpha value is -0.850. The zero-order valence-corrected chi connectivity index (χ0v) is 15.6. The molecule has 4 N–H and O–H groups in total. The summed E-state index contributed by atoms with van der Waals surface area (Å²) in [6.45, 7) is 6.30. The Morgan fingerprint density at radius 1 is 1.46 bits per heavy atom. The van der Waals surface area contributed by atoms with E-state index < -0.39 is 17.1 Å². The Kier molecular flexibility index (Phi) is 5.83. The maximum atomic E-state index is 12.5. The van der Waals surface area contributed by atoms with Gasteiger partial charge in [-0.1, -0.05) is 43.1 Å². The molecule has 1 aliphatic rings. The van der Waals surface area contributed by atoms with E-state index in [9.17, 15) is 9.90 Å². The van der Waals surface area contributed by atoms with Crippen molar-refractivity contribution in [3.05, 3.63) is 33.8 Å². The summed E-state index contributed by atoms with van der Waals surface area (Å²) in [5.41, 5.74) is 5.18. The molecular weight excluding hydrogens is 351 g/mol. The molecule has 0 aliphatic heterocycles. The van der Waals surface area contributed by atoms with Crippen LogP contribution in [0.3, 0.4) is 0 Å². The SMILES string of the molecule is CCOC1CC(N)(C(=O)NCC(O)c2c(Cl)cccc2Cl)C1(C)C. The van der Waals surface area contributed by atoms with Gasteiger partial charge >= 0.3 is 0 Å². The topological polar surface area (TPSA) is 84.6 Å². The predicted octanol–water partition coefficient (Wildman–Crippen LogP) is 2.68. The van der Waals surface area contributed by atoms with Crippen LogP contribution in [0.25, 0.3) is 0 Å². The van der Waals surface area contributed by atoms with Gasteiger partial charge in [-0.25, -0.2) is 0 Å². The standard InChI is InChI=1S/C17H24Cl2N2O3/c1-4-24-13-8-17(20,16(13,2)3)15(23)21-9-12(22)14-10(18)6-5-7-11(14)19/h5-7,12-13,22H,4,8-9,20H2,1-3H3,(H,21,23). The first kappa shape index (κ1) is 19.5. The van der Waals surface area contributed by atoms with Crippen molar-refractivity contribution in [3.8, 4) is 0 Å². The van der Waals surface area contributed by atoms with Crippen LogP contribution in [0.15, 0.2) is 18.2 Å². The number of halogens is 2. The highest BCUT2D eigenvalue weighted by Gasteiger charge is 2.62. The molecule has 1 saturated carbocycles. The fourth-order valence-electron chi connectivity index (χ4n) is 3.10. The van der Waals surface area contributed by atoms with Crippen molar-refractivity contribution in [1.82, 2.24) is 5.32 Å². The Balaban J connectivity index is 2.01. The number of hydrogen-bond donors (Lipinski definition) is 3. The minimum atomic E-state index is -1.03. The van der Waals surface area contributed by atoms with Gasteiger partial charge in [-0.15, -0.1) is 0 Å². The molecule has 0 spiro atoms. The summed E-state index contributed by atoms with van der Waals surface area (Å²) in [6, 6.07) is 4.97. The van der Waals surface area contributed by atoms with Crippen LogP contribution in [0.4, 0.5) is 0 Å². The van der Waals surface area contributed by atoms with E-state index in [1.807, 2.05) is 20.8 Å². The molecule has 0 bridgehead atoms. The van der Waals surface area contributed by atoms with Gasteiger partial charge in [-0.2, -0.15) is 0 Å². The fraction of sp³-hybridized carbons (Fsp3) is 0.588. The monoisotopic (exact) mass is 374 g/mol. The third-order valence-corrected chi connectivity index (χ3v) is 5.68. The van der Waals surface area contributed by atoms with Crippen molar-refractivity contribution in [2.24, 2.45) is 11.1 Å². The van der Waals surface area contributed by atoms with Crippen LogP contribution in [0.1, 0.15) is 38.9 Å². The van der Waals surface area contributed by atoms with Gasteiger partial charge in [-0.05, 0) is 19.1 Å². The minimum Gasteiger partial charge on any atom is -0.386 e. The normalized spacial score (nSPS) is 26.5. The van der Waals surface area contributed by atoms with Crippen molar-refractivity contribution < 1.29 is 14.6 Å². The van der Waals surface area contributed by atoms with E-state index in [0.717, 1.165) is 0 Å². The first-order valence-electron chi connectivity index (χ1n) is 7.96. The van der Waals surface area contributed by atoms with Crippen LogP contribution in [0, 0.1) is 5.41 Å². The van der Waals surface area contributed by atoms with Gasteiger partial charge in [0.1, 0.15) is 5.54 Å². The van der Waals surface area contributed by atoms with Gasteiger partial charge in [0, 0.05) is 40.6 Å². The number of carbonyl (C=O) groups excluding carboxylic acids is 1. The smallest absolute Gasteiger partial charge is 0.240 e. The molecule has 1 aromatic carbocycles. The molecular formula is C17H24Cl2N2O3. The summed E-state index contributed by atoms with van der Waals surface area (Å²) in [5.74, 6) is -0.314. The van der Waals surface area contributed by atoms with Gasteiger partial charge in [0.2, 0.25) is 5.91 Å². The number of aliphatic hydroxyl groups is 1. The second-order valence-corrected chi connectivity index (χ2v) is 7.52. The van der Waals surface area contributed by atoms with Crippen molar-refractivity contribution in [2.75, 3.05) is 13.2 Å². The molecule has 1 aliphatic carbocycles. The van der Waals surface area contributed by atoms with E-state index in [4.69, 9.17) is 33.7 Å². The van der Waals surface area contributed by atoms with Crippen molar-refractivity contribution >= 4 is 29.1 Å². The zero-order valence-electron chi connectivity index (χ0n) is 14.1. The van der Waals surface area contributed by atoms with E-state index in [-0.39, 0.29) is 18.6 Å².